The first-order valence-electron chi connectivity index (χ1n) is 8.88. The van der Waals surface area contributed by atoms with Gasteiger partial charge in [-0.05, 0) is 36.4 Å². The highest BCUT2D eigenvalue weighted by Gasteiger charge is 2.18. The molecule has 1 aromatic heterocycles. The van der Waals surface area contributed by atoms with Gasteiger partial charge in [-0.3, -0.25) is 4.90 Å². The van der Waals surface area contributed by atoms with Crippen molar-refractivity contribution in [2.24, 2.45) is 0 Å². The Hall–Kier alpha value is -2.66. The lowest BCUT2D eigenvalue weighted by molar-refractivity contribution is 0.247. The molecule has 5 heteroatoms. The number of piperazine rings is 1. The fraction of sp³-hybridized carbons (Fsp3) is 0.286. The van der Waals surface area contributed by atoms with Crippen molar-refractivity contribution in [1.29, 1.82) is 0 Å². The van der Waals surface area contributed by atoms with Crippen molar-refractivity contribution >= 4 is 16.6 Å². The van der Waals surface area contributed by atoms with Crippen LogP contribution >= 0.6 is 0 Å². The third-order valence-electron chi connectivity index (χ3n) is 4.91. The first kappa shape index (κ1) is 16.8. The molecule has 0 bridgehead atoms. The van der Waals surface area contributed by atoms with Crippen LogP contribution in [0.15, 0.2) is 54.6 Å². The van der Waals surface area contributed by atoms with E-state index in [2.05, 4.69) is 28.0 Å². The van der Waals surface area contributed by atoms with Crippen LogP contribution in [0, 0.1) is 5.82 Å². The minimum absolute atomic E-state index is 0.190. The number of aromatic nitrogens is 1. The molecule has 1 fully saturated rings. The highest BCUT2D eigenvalue weighted by Crippen LogP contribution is 2.24. The van der Waals surface area contributed by atoms with Crippen LogP contribution in [0.25, 0.3) is 10.9 Å². The highest BCUT2D eigenvalue weighted by molar-refractivity contribution is 5.84. The number of nitrogens with zero attached hydrogens (tertiary/aromatic N) is 3. The molecule has 0 aliphatic carbocycles. The molecule has 1 saturated heterocycles. The van der Waals surface area contributed by atoms with Crippen LogP contribution < -0.4 is 9.64 Å². The Morgan fingerprint density at radius 1 is 0.962 bits per heavy atom. The van der Waals surface area contributed by atoms with Crippen molar-refractivity contribution in [1.82, 2.24) is 9.88 Å². The molecule has 1 aliphatic rings. The number of hydrogen-bond donors (Lipinski definition) is 0. The first-order valence-corrected chi connectivity index (χ1v) is 8.88. The fourth-order valence-electron chi connectivity index (χ4n) is 3.46. The molecule has 4 nitrogen and oxygen atoms in total. The lowest BCUT2D eigenvalue weighted by Crippen LogP contribution is -2.46. The monoisotopic (exact) mass is 351 g/mol. The molecule has 4 rings (SSSR count). The molecule has 0 unspecified atom stereocenters. The number of hydrogen-bond acceptors (Lipinski definition) is 4. The molecule has 0 amide bonds. The molecule has 0 N–H and O–H groups in total. The topological polar surface area (TPSA) is 28.6 Å². The zero-order valence-corrected chi connectivity index (χ0v) is 14.9. The average molecular weight is 351 g/mol. The number of rotatable bonds is 4. The minimum atomic E-state index is -0.190. The summed E-state index contributed by atoms with van der Waals surface area (Å²) >= 11 is 0. The Kier molecular flexibility index (Phi) is 4.71. The number of para-hydroxylation sites is 1. The first-order chi connectivity index (χ1) is 12.7. The van der Waals surface area contributed by atoms with E-state index in [1.54, 1.807) is 7.11 Å². The lowest BCUT2D eigenvalue weighted by atomic mass is 10.1. The van der Waals surface area contributed by atoms with Gasteiger partial charge in [0.15, 0.2) is 0 Å². The number of halogens is 1. The molecule has 0 atom stereocenters. The van der Waals surface area contributed by atoms with Gasteiger partial charge in [0.05, 0.1) is 12.8 Å². The van der Waals surface area contributed by atoms with E-state index in [0.717, 1.165) is 60.8 Å². The predicted octanol–water partition coefficient (Wildman–Crippen LogP) is 3.70. The summed E-state index contributed by atoms with van der Waals surface area (Å²) in [6.45, 7) is 4.61. The summed E-state index contributed by atoms with van der Waals surface area (Å²) in [4.78, 5) is 9.51. The molecule has 0 spiro atoms. The maximum atomic E-state index is 13.1. The maximum Gasteiger partial charge on any atom is 0.145 e. The van der Waals surface area contributed by atoms with Crippen LogP contribution in [0.2, 0.25) is 0 Å². The molecular formula is C21H22FN3O. The molecule has 0 saturated carbocycles. The van der Waals surface area contributed by atoms with E-state index < -0.39 is 0 Å². The molecule has 26 heavy (non-hydrogen) atoms. The molecular weight excluding hydrogens is 329 g/mol. The van der Waals surface area contributed by atoms with Gasteiger partial charge in [-0.25, -0.2) is 9.37 Å². The van der Waals surface area contributed by atoms with Crippen LogP contribution in [-0.4, -0.2) is 43.2 Å². The van der Waals surface area contributed by atoms with Gasteiger partial charge in [0.1, 0.15) is 17.1 Å². The zero-order valence-electron chi connectivity index (χ0n) is 14.9. The highest BCUT2D eigenvalue weighted by atomic mass is 19.1. The van der Waals surface area contributed by atoms with Gasteiger partial charge in [-0.2, -0.15) is 0 Å². The second kappa shape index (κ2) is 7.30. The number of pyridine rings is 1. The van der Waals surface area contributed by atoms with Crippen molar-refractivity contribution < 1.29 is 9.13 Å². The largest absolute Gasteiger partial charge is 0.494 e. The van der Waals surface area contributed by atoms with Crippen molar-refractivity contribution in [3.63, 3.8) is 0 Å². The van der Waals surface area contributed by atoms with Gasteiger partial charge in [0.2, 0.25) is 0 Å². The number of ether oxygens (including phenoxy) is 1. The maximum absolute atomic E-state index is 13.1. The third-order valence-corrected chi connectivity index (χ3v) is 4.91. The van der Waals surface area contributed by atoms with Crippen molar-refractivity contribution in [2.45, 2.75) is 6.54 Å². The summed E-state index contributed by atoms with van der Waals surface area (Å²) < 4.78 is 18.5. The number of fused-ring (bicyclic) bond motifs is 1. The lowest BCUT2D eigenvalue weighted by Gasteiger charge is -2.36. The van der Waals surface area contributed by atoms with Crippen LogP contribution in [-0.2, 0) is 6.54 Å². The number of anilines is 1. The molecule has 0 radical (unpaired) electrons. The van der Waals surface area contributed by atoms with Crippen molar-refractivity contribution in [3.8, 4) is 5.75 Å². The quantitative estimate of drug-likeness (QED) is 0.717. The van der Waals surface area contributed by atoms with Gasteiger partial charge in [-0.15, -0.1) is 0 Å². The summed E-state index contributed by atoms with van der Waals surface area (Å²) in [5.41, 5.74) is 3.05. The summed E-state index contributed by atoms with van der Waals surface area (Å²) in [6.07, 6.45) is 0. The Balaban J connectivity index is 1.42. The van der Waals surface area contributed by atoms with Crippen LogP contribution in [0.3, 0.4) is 0 Å². The van der Waals surface area contributed by atoms with E-state index in [1.807, 2.05) is 24.3 Å². The summed E-state index contributed by atoms with van der Waals surface area (Å²) in [7, 11) is 1.68. The third kappa shape index (κ3) is 3.48. The number of benzene rings is 2. The van der Waals surface area contributed by atoms with Gasteiger partial charge in [-0.1, -0.05) is 18.2 Å². The van der Waals surface area contributed by atoms with E-state index in [9.17, 15) is 4.39 Å². The van der Waals surface area contributed by atoms with E-state index >= 15 is 0 Å². The normalized spacial score (nSPS) is 15.4. The van der Waals surface area contributed by atoms with E-state index in [4.69, 9.17) is 9.72 Å². The van der Waals surface area contributed by atoms with Gasteiger partial charge in [0, 0.05) is 43.8 Å². The summed E-state index contributed by atoms with van der Waals surface area (Å²) in [5, 5.41) is 1.09. The SMILES string of the molecule is COc1cccc2ccc(CN3CCN(c4ccc(F)cc4)CC3)nc12. The van der Waals surface area contributed by atoms with Gasteiger partial charge < -0.3 is 9.64 Å². The van der Waals surface area contributed by atoms with E-state index in [-0.39, 0.29) is 5.82 Å². The second-order valence-corrected chi connectivity index (χ2v) is 6.57. The van der Waals surface area contributed by atoms with Crippen LogP contribution in [0.4, 0.5) is 10.1 Å². The van der Waals surface area contributed by atoms with Crippen LogP contribution in [0.1, 0.15) is 5.69 Å². The Labute approximate surface area is 152 Å². The van der Waals surface area contributed by atoms with Crippen molar-refractivity contribution in [2.75, 3.05) is 38.2 Å². The fourth-order valence-corrected chi connectivity index (χ4v) is 3.46. The molecule has 134 valence electrons. The molecule has 2 heterocycles. The van der Waals surface area contributed by atoms with Crippen molar-refractivity contribution in [3.05, 3.63) is 66.1 Å². The smallest absolute Gasteiger partial charge is 0.145 e. The average Bonchev–Trinajstić information content (AvgIpc) is 2.69. The molecule has 1 aliphatic heterocycles. The standard InChI is InChI=1S/C21H22FN3O/c1-26-20-4-2-3-16-5-8-18(23-21(16)20)15-24-11-13-25(14-12-24)19-9-6-17(22)7-10-19/h2-10H,11-15H2,1H3. The number of methoxy groups -OCH3 is 1. The molecule has 2 aromatic carbocycles. The van der Waals surface area contributed by atoms with Gasteiger partial charge in [0.25, 0.3) is 0 Å². The minimum Gasteiger partial charge on any atom is -0.494 e. The zero-order chi connectivity index (χ0) is 17.9. The summed E-state index contributed by atoms with van der Waals surface area (Å²) in [5.74, 6) is 0.621. The van der Waals surface area contributed by atoms with Crippen LogP contribution in [0.5, 0.6) is 5.75 Å². The van der Waals surface area contributed by atoms with E-state index in [0.29, 0.717) is 0 Å². The Bertz CT molecular complexity index is 889. The summed E-state index contributed by atoms with van der Waals surface area (Å²) in [6, 6.07) is 16.9. The predicted molar refractivity (Wildman–Crippen MR) is 102 cm³/mol. The molecule has 3 aromatic rings. The van der Waals surface area contributed by atoms with E-state index in [1.165, 1.54) is 12.1 Å². The second-order valence-electron chi connectivity index (χ2n) is 6.57. The van der Waals surface area contributed by atoms with Gasteiger partial charge >= 0.3 is 0 Å². The Morgan fingerprint density at radius 2 is 1.73 bits per heavy atom. The Morgan fingerprint density at radius 3 is 2.46 bits per heavy atom.